The monoisotopic (exact) mass is 476 g/mol. The Hall–Kier alpha value is -4.10. The second-order valence-electron chi connectivity index (χ2n) is 7.68. The molecule has 1 atom stereocenters. The van der Waals surface area contributed by atoms with Crippen LogP contribution in [0.2, 0.25) is 5.02 Å². The molecule has 3 aromatic carbocycles. The van der Waals surface area contributed by atoms with E-state index in [9.17, 15) is 19.5 Å². The van der Waals surface area contributed by atoms with Gasteiger partial charge in [0.15, 0.2) is 0 Å². The molecule has 4 rings (SSSR count). The van der Waals surface area contributed by atoms with Crippen molar-refractivity contribution in [1.82, 2.24) is 0 Å². The standard InChI is InChI=1S/C26H21ClN2O5/c1-15(30)28-19-8-10-20(11-9-19)29-23(16-6-12-21(34-2)13-7-16)22(25(32)26(29)33)24(31)17-4-3-5-18(27)14-17/h3-14,23,31H,1-2H3,(H,28,30)/b24-22-. The van der Waals surface area contributed by atoms with E-state index in [1.54, 1.807) is 66.7 Å². The number of nitrogens with one attached hydrogen (secondary N) is 1. The number of methoxy groups -OCH3 is 1. The Morgan fingerprint density at radius 3 is 2.29 bits per heavy atom. The zero-order chi connectivity index (χ0) is 24.4. The molecule has 0 spiro atoms. The molecule has 1 fully saturated rings. The van der Waals surface area contributed by atoms with Gasteiger partial charge in [0.1, 0.15) is 11.5 Å². The number of halogens is 1. The van der Waals surface area contributed by atoms with E-state index in [1.165, 1.54) is 25.0 Å². The molecule has 1 aliphatic heterocycles. The van der Waals surface area contributed by atoms with Gasteiger partial charge in [-0.05, 0) is 54.1 Å². The lowest BCUT2D eigenvalue weighted by atomic mass is 9.95. The number of rotatable bonds is 5. The van der Waals surface area contributed by atoms with Crippen LogP contribution in [-0.4, -0.2) is 29.8 Å². The maximum absolute atomic E-state index is 13.2. The highest BCUT2D eigenvalue weighted by Crippen LogP contribution is 2.42. The summed E-state index contributed by atoms with van der Waals surface area (Å²) in [5.74, 6) is -1.54. The maximum atomic E-state index is 13.2. The van der Waals surface area contributed by atoms with Crippen molar-refractivity contribution in [3.63, 3.8) is 0 Å². The number of carbonyl (C=O) groups is 3. The number of benzene rings is 3. The fourth-order valence-corrected chi connectivity index (χ4v) is 4.09. The van der Waals surface area contributed by atoms with Crippen molar-refractivity contribution in [2.45, 2.75) is 13.0 Å². The molecular weight excluding hydrogens is 456 g/mol. The number of aliphatic hydroxyl groups is 1. The third-order valence-electron chi connectivity index (χ3n) is 5.44. The summed E-state index contributed by atoms with van der Waals surface area (Å²) in [7, 11) is 1.54. The summed E-state index contributed by atoms with van der Waals surface area (Å²) in [4.78, 5) is 39.1. The fraction of sp³-hybridized carbons (Fsp3) is 0.115. The Morgan fingerprint density at radius 1 is 1.03 bits per heavy atom. The Kier molecular flexibility index (Phi) is 6.38. The predicted octanol–water partition coefficient (Wildman–Crippen LogP) is 4.93. The van der Waals surface area contributed by atoms with E-state index in [2.05, 4.69) is 5.32 Å². The van der Waals surface area contributed by atoms with Gasteiger partial charge in [-0.3, -0.25) is 19.3 Å². The van der Waals surface area contributed by atoms with Gasteiger partial charge in [0.25, 0.3) is 11.7 Å². The summed E-state index contributed by atoms with van der Waals surface area (Å²) < 4.78 is 5.23. The highest BCUT2D eigenvalue weighted by atomic mass is 35.5. The van der Waals surface area contributed by atoms with Crippen LogP contribution >= 0.6 is 11.6 Å². The number of anilines is 2. The molecule has 1 heterocycles. The molecule has 2 N–H and O–H groups in total. The van der Waals surface area contributed by atoms with Gasteiger partial charge in [-0.25, -0.2) is 0 Å². The first kappa shape index (κ1) is 23.1. The molecule has 1 unspecified atom stereocenters. The topological polar surface area (TPSA) is 95.9 Å². The lowest BCUT2D eigenvalue weighted by Crippen LogP contribution is -2.29. The number of ketones is 1. The van der Waals surface area contributed by atoms with E-state index in [1.807, 2.05) is 0 Å². The smallest absolute Gasteiger partial charge is 0.300 e. The Bertz CT molecular complexity index is 1300. The van der Waals surface area contributed by atoms with Gasteiger partial charge in [-0.15, -0.1) is 0 Å². The normalized spacial score (nSPS) is 17.0. The van der Waals surface area contributed by atoms with Gasteiger partial charge in [-0.2, -0.15) is 0 Å². The van der Waals surface area contributed by atoms with Gasteiger partial charge in [-0.1, -0.05) is 35.9 Å². The van der Waals surface area contributed by atoms with Crippen LogP contribution in [0.25, 0.3) is 5.76 Å². The van der Waals surface area contributed by atoms with Crippen LogP contribution in [0.4, 0.5) is 11.4 Å². The largest absolute Gasteiger partial charge is 0.507 e. The van der Waals surface area contributed by atoms with Crippen LogP contribution < -0.4 is 15.0 Å². The van der Waals surface area contributed by atoms with Gasteiger partial charge >= 0.3 is 0 Å². The lowest BCUT2D eigenvalue weighted by molar-refractivity contribution is -0.132. The van der Waals surface area contributed by atoms with Crippen LogP contribution in [0.15, 0.2) is 78.4 Å². The SMILES string of the molecule is COc1ccc(C2/C(=C(/O)c3cccc(Cl)c3)C(=O)C(=O)N2c2ccc(NC(C)=O)cc2)cc1. The first-order valence-corrected chi connectivity index (χ1v) is 10.8. The van der Waals surface area contributed by atoms with Crippen LogP contribution in [0, 0.1) is 0 Å². The number of carbonyl (C=O) groups excluding carboxylic acids is 3. The van der Waals surface area contributed by atoms with E-state index in [-0.39, 0.29) is 17.2 Å². The van der Waals surface area contributed by atoms with Gasteiger partial charge < -0.3 is 15.2 Å². The summed E-state index contributed by atoms with van der Waals surface area (Å²) >= 11 is 6.08. The molecule has 0 bridgehead atoms. The Balaban J connectivity index is 1.87. The van der Waals surface area contributed by atoms with Gasteiger partial charge in [0.05, 0.1) is 18.7 Å². The van der Waals surface area contributed by atoms with E-state index in [0.29, 0.717) is 33.3 Å². The number of Topliss-reactive ketones (excluding diaryl/α,β-unsaturated/α-hetero) is 1. The van der Waals surface area contributed by atoms with Gasteiger partial charge in [0, 0.05) is 28.9 Å². The van der Waals surface area contributed by atoms with Crippen molar-refractivity contribution < 1.29 is 24.2 Å². The van der Waals surface area contributed by atoms with E-state index < -0.39 is 17.7 Å². The molecule has 1 saturated heterocycles. The van der Waals surface area contributed by atoms with Crippen molar-refractivity contribution in [2.75, 3.05) is 17.3 Å². The zero-order valence-corrected chi connectivity index (χ0v) is 19.2. The molecule has 1 aliphatic rings. The average molecular weight is 477 g/mol. The quantitative estimate of drug-likeness (QED) is 0.309. The molecule has 8 heteroatoms. The zero-order valence-electron chi connectivity index (χ0n) is 18.4. The highest BCUT2D eigenvalue weighted by molar-refractivity contribution is 6.51. The Labute approximate surface area is 201 Å². The van der Waals surface area contributed by atoms with Crippen molar-refractivity contribution in [3.8, 4) is 5.75 Å². The summed E-state index contributed by atoms with van der Waals surface area (Å²) in [6, 6.07) is 19.0. The van der Waals surface area contributed by atoms with Crippen molar-refractivity contribution in [2.24, 2.45) is 0 Å². The first-order valence-electron chi connectivity index (χ1n) is 10.4. The molecule has 0 radical (unpaired) electrons. The summed E-state index contributed by atoms with van der Waals surface area (Å²) in [6.07, 6.45) is 0. The summed E-state index contributed by atoms with van der Waals surface area (Å²) in [6.45, 7) is 1.39. The minimum atomic E-state index is -0.892. The molecule has 0 saturated carbocycles. The number of amides is 2. The average Bonchev–Trinajstić information content (AvgIpc) is 3.09. The third-order valence-corrected chi connectivity index (χ3v) is 5.67. The second-order valence-corrected chi connectivity index (χ2v) is 8.12. The van der Waals surface area contributed by atoms with E-state index in [4.69, 9.17) is 16.3 Å². The highest BCUT2D eigenvalue weighted by Gasteiger charge is 2.47. The molecule has 3 aromatic rings. The molecule has 0 aromatic heterocycles. The second kappa shape index (κ2) is 9.41. The van der Waals surface area contributed by atoms with Crippen LogP contribution in [0.1, 0.15) is 24.1 Å². The van der Waals surface area contributed by atoms with Crippen LogP contribution in [0.5, 0.6) is 5.75 Å². The summed E-state index contributed by atoms with van der Waals surface area (Å²) in [5, 5.41) is 14.2. The van der Waals surface area contributed by atoms with Crippen LogP contribution in [0.3, 0.4) is 0 Å². The minimum Gasteiger partial charge on any atom is -0.507 e. The first-order chi connectivity index (χ1) is 16.3. The molecule has 7 nitrogen and oxygen atoms in total. The van der Waals surface area contributed by atoms with Crippen LogP contribution in [-0.2, 0) is 14.4 Å². The number of ether oxygens (including phenoxy) is 1. The lowest BCUT2D eigenvalue weighted by Gasteiger charge is -2.25. The van der Waals surface area contributed by atoms with E-state index in [0.717, 1.165) is 0 Å². The fourth-order valence-electron chi connectivity index (χ4n) is 3.90. The number of aliphatic hydroxyl groups excluding tert-OH is 1. The molecule has 34 heavy (non-hydrogen) atoms. The minimum absolute atomic E-state index is 0.0524. The van der Waals surface area contributed by atoms with Gasteiger partial charge in [0.2, 0.25) is 5.91 Å². The van der Waals surface area contributed by atoms with Crippen molar-refractivity contribution in [1.29, 1.82) is 0 Å². The molecular formula is C26H21ClN2O5. The number of hydrogen-bond acceptors (Lipinski definition) is 5. The Morgan fingerprint density at radius 2 is 1.71 bits per heavy atom. The van der Waals surface area contributed by atoms with Crippen molar-refractivity contribution >= 4 is 46.3 Å². The van der Waals surface area contributed by atoms with E-state index >= 15 is 0 Å². The number of nitrogens with zero attached hydrogens (tertiary/aromatic N) is 1. The molecule has 2 amide bonds. The predicted molar refractivity (Wildman–Crippen MR) is 130 cm³/mol. The maximum Gasteiger partial charge on any atom is 0.300 e. The van der Waals surface area contributed by atoms with Crippen molar-refractivity contribution in [3.05, 3.63) is 94.5 Å². The summed E-state index contributed by atoms with van der Waals surface area (Å²) in [5.41, 5.74) is 1.86. The molecule has 0 aliphatic carbocycles. The molecule has 172 valence electrons. The number of hydrogen-bond donors (Lipinski definition) is 2. The third kappa shape index (κ3) is 4.38.